The molecular formula is C29H34FN3O5S. The predicted octanol–water partition coefficient (Wildman–Crippen LogP) is 4.28. The third-order valence-corrected chi connectivity index (χ3v) is 7.90. The van der Waals surface area contributed by atoms with Crippen LogP contribution < -0.4 is 14.4 Å². The number of ether oxygens (including phenoxy) is 1. The molecule has 3 aromatic rings. The lowest BCUT2D eigenvalue weighted by atomic mass is 10.1. The van der Waals surface area contributed by atoms with Gasteiger partial charge in [-0.25, -0.2) is 12.8 Å². The van der Waals surface area contributed by atoms with Crippen molar-refractivity contribution in [2.24, 2.45) is 0 Å². The van der Waals surface area contributed by atoms with Crippen LogP contribution >= 0.6 is 0 Å². The minimum atomic E-state index is -4.17. The van der Waals surface area contributed by atoms with E-state index in [1.54, 1.807) is 57.2 Å². The van der Waals surface area contributed by atoms with Gasteiger partial charge in [-0.15, -0.1) is 0 Å². The zero-order valence-electron chi connectivity index (χ0n) is 22.7. The molecule has 0 aliphatic rings. The molecule has 0 saturated carbocycles. The number of sulfonamides is 1. The summed E-state index contributed by atoms with van der Waals surface area (Å²) in [5.74, 6) is -0.901. The van der Waals surface area contributed by atoms with Gasteiger partial charge in [0.2, 0.25) is 11.8 Å². The summed E-state index contributed by atoms with van der Waals surface area (Å²) >= 11 is 0. The highest BCUT2D eigenvalue weighted by Gasteiger charge is 2.32. The molecule has 3 aromatic carbocycles. The van der Waals surface area contributed by atoms with E-state index in [4.69, 9.17) is 4.74 Å². The SMILES string of the molecule is COc1ccc(N(CC(=O)N(Cc2ccc(F)cc2)C(C)C(=O)NC(C)C)S(=O)(=O)c2ccc(C)cc2)cc1. The van der Waals surface area contributed by atoms with E-state index in [-0.39, 0.29) is 23.2 Å². The first kappa shape index (κ1) is 29.6. The molecule has 0 radical (unpaired) electrons. The molecule has 0 aliphatic carbocycles. The van der Waals surface area contributed by atoms with Crippen LogP contribution in [0.15, 0.2) is 77.7 Å². The molecule has 0 fully saturated rings. The van der Waals surface area contributed by atoms with Crippen molar-refractivity contribution in [1.29, 1.82) is 0 Å². The van der Waals surface area contributed by atoms with E-state index in [9.17, 15) is 22.4 Å². The number of carbonyl (C=O) groups is 2. The number of nitrogens with zero attached hydrogens (tertiary/aromatic N) is 2. The molecule has 1 atom stereocenters. The number of rotatable bonds is 11. The summed E-state index contributed by atoms with van der Waals surface area (Å²) in [5.41, 5.74) is 1.73. The van der Waals surface area contributed by atoms with Crippen LogP contribution in [0.2, 0.25) is 0 Å². The van der Waals surface area contributed by atoms with Crippen LogP contribution in [0.5, 0.6) is 5.75 Å². The van der Waals surface area contributed by atoms with E-state index in [0.717, 1.165) is 9.87 Å². The van der Waals surface area contributed by atoms with Crippen LogP contribution in [0.25, 0.3) is 0 Å². The molecule has 10 heteroatoms. The quantitative estimate of drug-likeness (QED) is 0.381. The predicted molar refractivity (Wildman–Crippen MR) is 148 cm³/mol. The number of hydrogen-bond acceptors (Lipinski definition) is 5. The second-order valence-corrected chi connectivity index (χ2v) is 11.4. The van der Waals surface area contributed by atoms with Gasteiger partial charge in [-0.2, -0.15) is 0 Å². The average Bonchev–Trinajstić information content (AvgIpc) is 2.90. The van der Waals surface area contributed by atoms with Crippen molar-refractivity contribution in [2.45, 2.75) is 51.2 Å². The highest BCUT2D eigenvalue weighted by Crippen LogP contribution is 2.27. The molecule has 3 rings (SSSR count). The third-order valence-electron chi connectivity index (χ3n) is 6.11. The van der Waals surface area contributed by atoms with Crippen LogP contribution in [0.3, 0.4) is 0 Å². The van der Waals surface area contributed by atoms with E-state index in [0.29, 0.717) is 11.3 Å². The lowest BCUT2D eigenvalue weighted by Crippen LogP contribution is -2.52. The van der Waals surface area contributed by atoms with Gasteiger partial charge in [0, 0.05) is 12.6 Å². The van der Waals surface area contributed by atoms with Gasteiger partial charge in [-0.05, 0) is 81.8 Å². The maximum absolute atomic E-state index is 13.8. The molecule has 0 aliphatic heterocycles. The number of amides is 2. The Hall–Kier alpha value is -3.92. The summed E-state index contributed by atoms with van der Waals surface area (Å²) in [6, 6.07) is 17.1. The fourth-order valence-electron chi connectivity index (χ4n) is 3.89. The fourth-order valence-corrected chi connectivity index (χ4v) is 5.30. The van der Waals surface area contributed by atoms with Gasteiger partial charge < -0.3 is 15.0 Å². The Labute approximate surface area is 229 Å². The highest BCUT2D eigenvalue weighted by atomic mass is 32.2. The number of nitrogens with one attached hydrogen (secondary N) is 1. The average molecular weight is 556 g/mol. The summed E-state index contributed by atoms with van der Waals surface area (Å²) in [6.45, 7) is 6.44. The van der Waals surface area contributed by atoms with Crippen LogP contribution in [0.4, 0.5) is 10.1 Å². The molecule has 2 amide bonds. The largest absolute Gasteiger partial charge is 0.497 e. The summed E-state index contributed by atoms with van der Waals surface area (Å²) in [7, 11) is -2.67. The van der Waals surface area contributed by atoms with Crippen molar-refractivity contribution in [3.05, 3.63) is 89.7 Å². The molecule has 0 spiro atoms. The Morgan fingerprint density at radius 2 is 1.51 bits per heavy atom. The highest BCUT2D eigenvalue weighted by molar-refractivity contribution is 7.92. The minimum Gasteiger partial charge on any atom is -0.497 e. The summed E-state index contributed by atoms with van der Waals surface area (Å²) in [4.78, 5) is 28.1. The standard InChI is InChI=1S/C29H34FN3O5S/c1-20(2)31-29(35)22(4)32(18-23-8-10-24(30)11-9-23)28(34)19-33(25-12-14-26(38-5)15-13-25)39(36,37)27-16-6-21(3)7-17-27/h6-17,20,22H,18-19H2,1-5H3,(H,31,35). The Kier molecular flexibility index (Phi) is 9.69. The van der Waals surface area contributed by atoms with Gasteiger partial charge in [0.05, 0.1) is 17.7 Å². The topological polar surface area (TPSA) is 96.0 Å². The van der Waals surface area contributed by atoms with Gasteiger partial charge in [-0.1, -0.05) is 29.8 Å². The lowest BCUT2D eigenvalue weighted by molar-refractivity contribution is -0.139. The zero-order valence-corrected chi connectivity index (χ0v) is 23.5. The van der Waals surface area contributed by atoms with Crippen molar-refractivity contribution >= 4 is 27.5 Å². The van der Waals surface area contributed by atoms with Crippen molar-refractivity contribution in [3.8, 4) is 5.75 Å². The Morgan fingerprint density at radius 3 is 2.05 bits per heavy atom. The van der Waals surface area contributed by atoms with E-state index in [2.05, 4.69) is 5.32 Å². The first-order valence-electron chi connectivity index (χ1n) is 12.5. The molecule has 1 unspecified atom stereocenters. The van der Waals surface area contributed by atoms with Crippen LogP contribution in [-0.4, -0.2) is 50.9 Å². The van der Waals surface area contributed by atoms with Crippen LogP contribution in [-0.2, 0) is 26.2 Å². The summed E-state index contributed by atoms with van der Waals surface area (Å²) in [6.07, 6.45) is 0. The van der Waals surface area contributed by atoms with Crippen molar-refractivity contribution in [2.75, 3.05) is 18.0 Å². The van der Waals surface area contributed by atoms with Gasteiger partial charge in [0.1, 0.15) is 24.2 Å². The number of aryl methyl sites for hydroxylation is 1. The van der Waals surface area contributed by atoms with Gasteiger partial charge in [-0.3, -0.25) is 13.9 Å². The normalized spacial score (nSPS) is 12.1. The first-order chi connectivity index (χ1) is 18.4. The van der Waals surface area contributed by atoms with Crippen molar-refractivity contribution < 1.29 is 27.1 Å². The number of benzene rings is 3. The van der Waals surface area contributed by atoms with Gasteiger partial charge in [0.15, 0.2) is 0 Å². The molecule has 39 heavy (non-hydrogen) atoms. The van der Waals surface area contributed by atoms with Crippen LogP contribution in [0.1, 0.15) is 31.9 Å². The van der Waals surface area contributed by atoms with E-state index in [1.807, 2.05) is 6.92 Å². The van der Waals surface area contributed by atoms with Gasteiger partial charge >= 0.3 is 0 Å². The molecule has 0 aromatic heterocycles. The van der Waals surface area contributed by atoms with E-state index < -0.39 is 40.2 Å². The second-order valence-electron chi connectivity index (χ2n) is 9.51. The first-order valence-corrected chi connectivity index (χ1v) is 13.9. The van der Waals surface area contributed by atoms with E-state index in [1.165, 1.54) is 48.4 Å². The fraction of sp³-hybridized carbons (Fsp3) is 0.310. The zero-order chi connectivity index (χ0) is 28.7. The molecule has 0 bridgehead atoms. The molecule has 208 valence electrons. The molecular weight excluding hydrogens is 521 g/mol. The smallest absolute Gasteiger partial charge is 0.264 e. The molecule has 1 N–H and O–H groups in total. The number of carbonyl (C=O) groups excluding carboxylic acids is 2. The Balaban J connectivity index is 2.03. The maximum Gasteiger partial charge on any atom is 0.264 e. The third kappa shape index (κ3) is 7.57. The minimum absolute atomic E-state index is 0.0207. The number of methoxy groups -OCH3 is 1. The lowest BCUT2D eigenvalue weighted by Gasteiger charge is -2.32. The Bertz CT molecular complexity index is 1380. The van der Waals surface area contributed by atoms with Gasteiger partial charge in [0.25, 0.3) is 10.0 Å². The van der Waals surface area contributed by atoms with E-state index >= 15 is 0 Å². The molecule has 8 nitrogen and oxygen atoms in total. The van der Waals surface area contributed by atoms with Crippen LogP contribution in [0, 0.1) is 12.7 Å². The molecule has 0 saturated heterocycles. The maximum atomic E-state index is 13.8. The number of hydrogen-bond donors (Lipinski definition) is 1. The number of anilines is 1. The van der Waals surface area contributed by atoms with Crippen molar-refractivity contribution in [1.82, 2.24) is 10.2 Å². The summed E-state index contributed by atoms with van der Waals surface area (Å²) < 4.78 is 47.3. The number of halogens is 1. The molecule has 0 heterocycles. The Morgan fingerprint density at radius 1 is 0.923 bits per heavy atom. The second kappa shape index (κ2) is 12.8. The summed E-state index contributed by atoms with van der Waals surface area (Å²) in [5, 5.41) is 2.79. The monoisotopic (exact) mass is 555 g/mol. The van der Waals surface area contributed by atoms with Crippen molar-refractivity contribution in [3.63, 3.8) is 0 Å².